The molecule has 5 aromatic rings. The minimum Gasteiger partial charge on any atom is -0.744 e. The largest absolute Gasteiger partial charge is 0.744 e. The maximum Gasteiger partial charge on any atom is 0.152 e. The van der Waals surface area contributed by atoms with Crippen LogP contribution >= 0.6 is 0 Å². The maximum atomic E-state index is 12.0. The first-order valence-electron chi connectivity index (χ1n) is 11.8. The monoisotopic (exact) mass is 635 g/mol. The average molecular weight is 636 g/mol. The fourth-order valence-electron chi connectivity index (χ4n) is 4.17. The zero-order chi connectivity index (χ0) is 29.5. The van der Waals surface area contributed by atoms with Crippen molar-refractivity contribution in [2.45, 2.75) is 16.7 Å². The third-order valence-electron chi connectivity index (χ3n) is 6.21. The predicted molar refractivity (Wildman–Crippen MR) is 161 cm³/mol. The van der Waals surface area contributed by atoms with Crippen LogP contribution in [0.5, 0.6) is 5.75 Å². The zero-order valence-electron chi connectivity index (χ0n) is 23.1. The average Bonchev–Trinajstić information content (AvgIpc) is 2.91. The van der Waals surface area contributed by atoms with Gasteiger partial charge in [-0.15, -0.1) is 15.3 Å². The van der Waals surface area contributed by atoms with E-state index >= 15 is 0 Å². The third kappa shape index (κ3) is 7.49. The summed E-state index contributed by atoms with van der Waals surface area (Å²) in [6.45, 7) is 1.84. The Kier molecular flexibility index (Phi) is 10.9. The van der Waals surface area contributed by atoms with Gasteiger partial charge in [-0.1, -0.05) is 24.3 Å². The number of azo groups is 2. The molecule has 5 rings (SSSR count). The van der Waals surface area contributed by atoms with E-state index in [1.54, 1.807) is 12.1 Å². The number of aromatic hydroxyl groups is 1. The smallest absolute Gasteiger partial charge is 0.152 e. The molecule has 0 unspecified atom stereocenters. The number of hydrogen-bond donors (Lipinski definition) is 2. The molecular weight excluding hydrogens is 616 g/mol. The Bertz CT molecular complexity index is 2160. The first-order chi connectivity index (χ1) is 19.3. The Morgan fingerprint density at radius 2 is 1.28 bits per heavy atom. The Labute approximate surface area is 290 Å². The number of benzene rings is 5. The van der Waals surface area contributed by atoms with Crippen LogP contribution in [-0.2, 0) is 20.2 Å². The molecule has 12 nitrogen and oxygen atoms in total. The van der Waals surface area contributed by atoms with E-state index in [4.69, 9.17) is 5.73 Å². The fourth-order valence-corrected chi connectivity index (χ4v) is 5.31. The van der Waals surface area contributed by atoms with Gasteiger partial charge >= 0.3 is 0 Å². The van der Waals surface area contributed by atoms with Gasteiger partial charge in [0.15, 0.2) is 5.75 Å². The topological polar surface area (TPSA) is 210 Å². The van der Waals surface area contributed by atoms with Crippen LogP contribution in [0.2, 0.25) is 0 Å². The number of nitrogens with two attached hydrogens (primary N) is 1. The van der Waals surface area contributed by atoms with E-state index in [9.17, 15) is 31.0 Å². The van der Waals surface area contributed by atoms with E-state index < -0.39 is 41.5 Å². The molecule has 0 aromatic heterocycles. The molecule has 0 spiro atoms. The number of phenolic OH excluding ortho intramolecular Hbond substituents is 1. The summed E-state index contributed by atoms with van der Waals surface area (Å²) < 4.78 is 71.3. The minimum atomic E-state index is -5.11. The molecule has 0 fully saturated rings. The second-order valence-corrected chi connectivity index (χ2v) is 11.7. The number of nitrogens with zero attached hydrogens (tertiary/aromatic N) is 4. The van der Waals surface area contributed by atoms with Crippen molar-refractivity contribution in [3.63, 3.8) is 0 Å². The van der Waals surface area contributed by atoms with Gasteiger partial charge in [-0.2, -0.15) is 5.11 Å². The molecule has 0 aliphatic rings. The molecule has 0 amide bonds. The van der Waals surface area contributed by atoms with Crippen LogP contribution in [0, 0.1) is 6.92 Å². The Morgan fingerprint density at radius 3 is 1.93 bits per heavy atom. The van der Waals surface area contributed by atoms with Crippen LogP contribution in [0.25, 0.3) is 21.5 Å². The number of fused-ring (bicyclic) bond motifs is 2. The first kappa shape index (κ1) is 34.7. The Balaban J connectivity index is 0.00000253. The van der Waals surface area contributed by atoms with Crippen LogP contribution in [0.1, 0.15) is 5.56 Å². The Hall–Kier alpha value is -2.76. The van der Waals surface area contributed by atoms with E-state index in [-0.39, 0.29) is 97.7 Å². The van der Waals surface area contributed by atoms with Crippen LogP contribution in [0.15, 0.2) is 109 Å². The van der Waals surface area contributed by atoms with Gasteiger partial charge in [0.25, 0.3) is 0 Å². The van der Waals surface area contributed by atoms with Gasteiger partial charge in [-0.3, -0.25) is 0 Å². The van der Waals surface area contributed by atoms with Gasteiger partial charge in [-0.05, 0) is 72.5 Å². The predicted octanol–water partition coefficient (Wildman–Crippen LogP) is 5.47. The molecule has 43 heavy (non-hydrogen) atoms. The Morgan fingerprint density at radius 1 is 0.674 bits per heavy atom. The van der Waals surface area contributed by atoms with Crippen LogP contribution in [0.4, 0.5) is 28.4 Å². The van der Waals surface area contributed by atoms with Crippen molar-refractivity contribution in [3.05, 3.63) is 84.4 Å². The summed E-state index contributed by atoms with van der Waals surface area (Å²) in [5, 5.41) is 28.1. The van der Waals surface area contributed by atoms with Crippen LogP contribution in [0.3, 0.4) is 0 Å². The summed E-state index contributed by atoms with van der Waals surface area (Å²) >= 11 is 0. The molecule has 0 aliphatic heterocycles. The third-order valence-corrected chi connectivity index (χ3v) is 7.89. The SMILES string of the molecule is Cc1ccccc1N=Nc1ccc(N=Nc2c(S(=O)(=O)[O-])cc3cc(N)ccc3c2O)c2ccc(S(=O)(=O)[O-])cc12.[Na].[Na]. The number of anilines is 1. The normalized spacial score (nSPS) is 12.1. The maximum absolute atomic E-state index is 12.0. The number of nitrogen functional groups attached to an aromatic ring is 1. The molecule has 0 bridgehead atoms. The molecular formula is C27H19N5Na2O7S2-2. The number of aryl methyl sites for hydroxylation is 1. The molecule has 0 aliphatic carbocycles. The van der Waals surface area contributed by atoms with Crippen molar-refractivity contribution in [1.82, 2.24) is 0 Å². The van der Waals surface area contributed by atoms with E-state index in [2.05, 4.69) is 20.5 Å². The van der Waals surface area contributed by atoms with E-state index in [0.29, 0.717) is 5.69 Å². The van der Waals surface area contributed by atoms with Crippen molar-refractivity contribution in [1.29, 1.82) is 0 Å². The van der Waals surface area contributed by atoms with Gasteiger partial charge in [0.1, 0.15) is 25.9 Å². The minimum absolute atomic E-state index is 0. The van der Waals surface area contributed by atoms with Crippen molar-refractivity contribution < 1.29 is 31.0 Å². The van der Waals surface area contributed by atoms with Gasteiger partial charge < -0.3 is 19.9 Å². The fraction of sp³-hybridized carbons (Fsp3) is 0.0370. The van der Waals surface area contributed by atoms with Gasteiger partial charge in [0, 0.05) is 81.0 Å². The second-order valence-electron chi connectivity index (χ2n) is 8.96. The standard InChI is InChI=1S/C27H21N5O7S2.2Na/c1-15-4-2-3-5-22(15)29-30-24-11-10-23(20-9-7-18(14-21(20)24)40(34,35)36)31-32-26-25(41(37,38)39)13-16-12-17(28)6-8-19(16)27(26)33;;/h2-14,33H,28H2,1H3,(H,34,35,36)(H,37,38,39);;/p-2. The van der Waals surface area contributed by atoms with Crippen molar-refractivity contribution in [2.24, 2.45) is 20.5 Å². The molecule has 2 radical (unpaired) electrons. The molecule has 16 heteroatoms. The van der Waals surface area contributed by atoms with E-state index in [0.717, 1.165) is 23.8 Å². The first-order valence-corrected chi connectivity index (χ1v) is 14.6. The second kappa shape index (κ2) is 13.5. The van der Waals surface area contributed by atoms with E-state index in [1.165, 1.54) is 36.4 Å². The van der Waals surface area contributed by atoms with E-state index in [1.807, 2.05) is 19.1 Å². The molecule has 0 saturated carbocycles. The summed E-state index contributed by atoms with van der Waals surface area (Å²) in [7, 11) is -9.93. The number of hydrogen-bond acceptors (Lipinski definition) is 12. The molecule has 0 heterocycles. The van der Waals surface area contributed by atoms with Crippen molar-refractivity contribution >= 4 is 129 Å². The van der Waals surface area contributed by atoms with Crippen LogP contribution in [-0.4, -0.2) is 90.2 Å². The molecule has 5 aromatic carbocycles. The molecule has 0 atom stereocenters. The van der Waals surface area contributed by atoms with Gasteiger partial charge in [0.2, 0.25) is 0 Å². The zero-order valence-corrected chi connectivity index (χ0v) is 28.7. The molecule has 0 saturated heterocycles. The number of phenols is 1. The summed E-state index contributed by atoms with van der Waals surface area (Å²) in [6.07, 6.45) is 0. The van der Waals surface area contributed by atoms with Crippen molar-refractivity contribution in [2.75, 3.05) is 5.73 Å². The summed E-state index contributed by atoms with van der Waals surface area (Å²) in [5.74, 6) is -0.603. The molecule has 3 N–H and O–H groups in total. The summed E-state index contributed by atoms with van der Waals surface area (Å²) in [6, 6.07) is 19.0. The summed E-state index contributed by atoms with van der Waals surface area (Å²) in [5.41, 5.74) is 7.15. The quantitative estimate of drug-likeness (QED) is 0.105. The molecule has 210 valence electrons. The number of rotatable bonds is 6. The van der Waals surface area contributed by atoms with Crippen LogP contribution < -0.4 is 5.73 Å². The van der Waals surface area contributed by atoms with Gasteiger partial charge in [-0.25, -0.2) is 16.8 Å². The van der Waals surface area contributed by atoms with Gasteiger partial charge in [0.05, 0.1) is 26.9 Å². The summed E-state index contributed by atoms with van der Waals surface area (Å²) in [4.78, 5) is -1.33. The van der Waals surface area contributed by atoms with Crippen molar-refractivity contribution in [3.8, 4) is 5.75 Å².